The fourth-order valence-corrected chi connectivity index (χ4v) is 8.08. The second-order valence-corrected chi connectivity index (χ2v) is 17.0. The van der Waals surface area contributed by atoms with Crippen LogP contribution >= 0.6 is 0 Å². The summed E-state index contributed by atoms with van der Waals surface area (Å²) in [5, 5.41) is 7.81. The zero-order valence-electron chi connectivity index (χ0n) is 32.7. The number of hydrogen-bond donors (Lipinski definition) is 3. The van der Waals surface area contributed by atoms with Gasteiger partial charge in [0.05, 0.1) is 23.1 Å². The maximum atomic E-state index is 15.3. The Bertz CT molecular complexity index is 2460. The highest BCUT2D eigenvalue weighted by Crippen LogP contribution is 2.35. The average Bonchev–Trinajstić information content (AvgIpc) is 3.45. The van der Waals surface area contributed by atoms with Crippen molar-refractivity contribution >= 4 is 62.5 Å². The van der Waals surface area contributed by atoms with Crippen LogP contribution in [0.5, 0.6) is 0 Å². The van der Waals surface area contributed by atoms with Crippen molar-refractivity contribution in [3.63, 3.8) is 0 Å². The molecular weight excluding hydrogens is 811 g/mol. The van der Waals surface area contributed by atoms with E-state index >= 15 is 4.39 Å². The number of alkyl halides is 3. The van der Waals surface area contributed by atoms with Gasteiger partial charge in [-0.2, -0.15) is 18.2 Å². The Balaban J connectivity index is 0.948. The number of hydrogen-bond acceptors (Lipinski definition) is 12. The standard InChI is InChI=1S/C40H41F4N9O6S/c1-50(22-24-18-29-34(31(41)19-24)38(57)53(37(29)56)32-11-12-33(54)48-36(32)55)26-13-15-52(16-14-26)27-9-7-25(8-10-27)47-39-46-21-30(40(42,43)44)35(49-39)45-20-23-5-4-6-28(17-23)51(2)60(3,58)59/h4-10,17-19,21,26,32H,11-16,20,22H2,1-3H3,(H,48,54,55)(H2,45,46,47,49). The summed E-state index contributed by atoms with van der Waals surface area (Å²) in [5.41, 5.74) is 1.29. The van der Waals surface area contributed by atoms with Gasteiger partial charge in [0.15, 0.2) is 0 Å². The van der Waals surface area contributed by atoms with Crippen LogP contribution in [0.2, 0.25) is 0 Å². The highest BCUT2D eigenvalue weighted by molar-refractivity contribution is 7.92. The molecule has 316 valence electrons. The third-order valence-electron chi connectivity index (χ3n) is 10.9. The van der Waals surface area contributed by atoms with E-state index in [-0.39, 0.29) is 42.5 Å². The molecule has 15 nitrogen and oxygen atoms in total. The maximum Gasteiger partial charge on any atom is 0.421 e. The Morgan fingerprint density at radius 1 is 0.933 bits per heavy atom. The van der Waals surface area contributed by atoms with Gasteiger partial charge in [0.25, 0.3) is 11.8 Å². The molecule has 3 N–H and O–H groups in total. The molecule has 4 heterocycles. The van der Waals surface area contributed by atoms with E-state index < -0.39 is 63.1 Å². The molecular formula is C40H41F4N9O6S. The first kappa shape index (κ1) is 42.0. The second kappa shape index (κ2) is 16.5. The Hall–Kier alpha value is -6.15. The second-order valence-electron chi connectivity index (χ2n) is 15.0. The summed E-state index contributed by atoms with van der Waals surface area (Å²) < 4.78 is 82.1. The summed E-state index contributed by atoms with van der Waals surface area (Å²) in [7, 11) is -0.265. The number of rotatable bonds is 12. The molecule has 3 aliphatic rings. The minimum absolute atomic E-state index is 0.0283. The van der Waals surface area contributed by atoms with Crippen molar-refractivity contribution in [2.45, 2.75) is 57.0 Å². The van der Waals surface area contributed by atoms with Gasteiger partial charge in [0, 0.05) is 63.3 Å². The lowest BCUT2D eigenvalue weighted by Gasteiger charge is -2.38. The number of halogens is 4. The number of nitrogens with zero attached hydrogens (tertiary/aromatic N) is 6. The molecule has 1 unspecified atom stereocenters. The van der Waals surface area contributed by atoms with Crippen molar-refractivity contribution in [3.05, 3.63) is 100 Å². The van der Waals surface area contributed by atoms with E-state index in [0.29, 0.717) is 48.3 Å². The number of amides is 4. The SMILES string of the molecule is CN(Cc1cc(F)c2c(c1)C(=O)N(C1CCC(=O)NC1=O)C2=O)C1CCN(c2ccc(Nc3ncc(C(F)(F)F)c(NCc4cccc(N(C)S(C)(=O)=O)c4)n3)cc2)CC1. The first-order valence-corrected chi connectivity index (χ1v) is 20.8. The van der Waals surface area contributed by atoms with Crippen LogP contribution in [0.3, 0.4) is 0 Å². The number of aromatic nitrogens is 2. The molecule has 4 aromatic rings. The minimum Gasteiger partial charge on any atom is -0.371 e. The first-order chi connectivity index (χ1) is 28.4. The molecule has 0 bridgehead atoms. The Kier molecular flexibility index (Phi) is 11.5. The van der Waals surface area contributed by atoms with E-state index in [2.05, 4.69) is 35.7 Å². The number of benzene rings is 3. The van der Waals surface area contributed by atoms with E-state index in [9.17, 15) is 40.8 Å². The molecule has 4 amide bonds. The Morgan fingerprint density at radius 2 is 1.65 bits per heavy atom. The lowest BCUT2D eigenvalue weighted by molar-refractivity contribution is -0.138. The third-order valence-corrected chi connectivity index (χ3v) is 12.1. The fourth-order valence-electron chi connectivity index (χ4n) is 7.58. The summed E-state index contributed by atoms with van der Waals surface area (Å²) in [5.74, 6) is -4.30. The zero-order chi connectivity index (χ0) is 43.1. The Labute approximate surface area is 342 Å². The number of carbonyl (C=O) groups excluding carboxylic acids is 4. The number of fused-ring (bicyclic) bond motifs is 1. The van der Waals surface area contributed by atoms with E-state index in [4.69, 9.17) is 0 Å². The molecule has 0 aliphatic carbocycles. The number of anilines is 5. The largest absolute Gasteiger partial charge is 0.421 e. The normalized spacial score (nSPS) is 17.6. The quantitative estimate of drug-likeness (QED) is 0.130. The number of imide groups is 2. The molecule has 1 atom stereocenters. The van der Waals surface area contributed by atoms with Crippen LogP contribution in [0.1, 0.15) is 63.1 Å². The fraction of sp³-hybridized carbons (Fsp3) is 0.350. The van der Waals surface area contributed by atoms with Crippen molar-refractivity contribution < 1.29 is 45.2 Å². The van der Waals surface area contributed by atoms with Crippen LogP contribution in [-0.4, -0.2) is 97.3 Å². The van der Waals surface area contributed by atoms with Gasteiger partial charge >= 0.3 is 6.18 Å². The van der Waals surface area contributed by atoms with Crippen LogP contribution in [0.4, 0.5) is 46.4 Å². The van der Waals surface area contributed by atoms with Crippen molar-refractivity contribution in [1.29, 1.82) is 0 Å². The number of piperidine rings is 2. The van der Waals surface area contributed by atoms with Gasteiger partial charge in [-0.05, 0) is 86.0 Å². The summed E-state index contributed by atoms with van der Waals surface area (Å²) >= 11 is 0. The van der Waals surface area contributed by atoms with Gasteiger partial charge in [-0.3, -0.25) is 38.6 Å². The molecule has 20 heteroatoms. The first-order valence-electron chi connectivity index (χ1n) is 18.9. The minimum atomic E-state index is -4.74. The average molecular weight is 852 g/mol. The molecule has 0 spiro atoms. The number of carbonyl (C=O) groups is 4. The van der Waals surface area contributed by atoms with Crippen molar-refractivity contribution in [2.24, 2.45) is 0 Å². The summed E-state index contributed by atoms with van der Waals surface area (Å²) in [4.78, 5) is 63.3. The number of sulfonamides is 1. The Morgan fingerprint density at radius 3 is 2.32 bits per heavy atom. The van der Waals surface area contributed by atoms with Crippen LogP contribution in [0.25, 0.3) is 0 Å². The summed E-state index contributed by atoms with van der Waals surface area (Å²) in [6, 6.07) is 15.3. The molecule has 0 radical (unpaired) electrons. The van der Waals surface area contributed by atoms with E-state index in [1.54, 1.807) is 36.4 Å². The van der Waals surface area contributed by atoms with Gasteiger partial charge in [-0.1, -0.05) is 12.1 Å². The zero-order valence-corrected chi connectivity index (χ0v) is 33.5. The van der Waals surface area contributed by atoms with Gasteiger partial charge in [-0.25, -0.2) is 17.8 Å². The number of nitrogens with one attached hydrogen (secondary N) is 3. The van der Waals surface area contributed by atoms with E-state index in [1.165, 1.54) is 19.2 Å². The molecule has 3 aliphatic heterocycles. The summed E-state index contributed by atoms with van der Waals surface area (Å²) in [6.45, 7) is 1.61. The highest BCUT2D eigenvalue weighted by Gasteiger charge is 2.46. The van der Waals surface area contributed by atoms with E-state index in [1.807, 2.05) is 19.2 Å². The lowest BCUT2D eigenvalue weighted by atomic mass is 10.0. The maximum absolute atomic E-state index is 15.3. The van der Waals surface area contributed by atoms with Gasteiger partial charge in [0.2, 0.25) is 27.8 Å². The molecule has 7 rings (SSSR count). The lowest BCUT2D eigenvalue weighted by Crippen LogP contribution is -2.54. The van der Waals surface area contributed by atoms with E-state index in [0.717, 1.165) is 34.0 Å². The van der Waals surface area contributed by atoms with Crippen LogP contribution in [-0.2, 0) is 38.9 Å². The summed E-state index contributed by atoms with van der Waals surface area (Å²) in [6.07, 6.45) is -1.54. The van der Waals surface area contributed by atoms with Gasteiger partial charge in [-0.15, -0.1) is 0 Å². The predicted molar refractivity (Wildman–Crippen MR) is 214 cm³/mol. The van der Waals surface area contributed by atoms with Crippen LogP contribution < -0.4 is 25.2 Å². The molecule has 3 aromatic carbocycles. The molecule has 1 aromatic heterocycles. The van der Waals surface area contributed by atoms with Gasteiger partial charge < -0.3 is 15.5 Å². The monoisotopic (exact) mass is 851 g/mol. The highest BCUT2D eigenvalue weighted by atomic mass is 32.2. The smallest absolute Gasteiger partial charge is 0.371 e. The molecule has 0 saturated carbocycles. The van der Waals surface area contributed by atoms with Gasteiger partial charge in [0.1, 0.15) is 23.2 Å². The topological polar surface area (TPSA) is 177 Å². The third kappa shape index (κ3) is 8.88. The molecule has 2 fully saturated rings. The van der Waals surface area contributed by atoms with Crippen molar-refractivity contribution in [3.8, 4) is 0 Å². The van der Waals surface area contributed by atoms with Crippen molar-refractivity contribution in [2.75, 3.05) is 53.3 Å². The van der Waals surface area contributed by atoms with Crippen molar-refractivity contribution in [1.82, 2.24) is 25.1 Å². The molecule has 2 saturated heterocycles. The molecule has 60 heavy (non-hydrogen) atoms. The predicted octanol–water partition coefficient (Wildman–Crippen LogP) is 4.89. The van der Waals surface area contributed by atoms with Crippen LogP contribution in [0.15, 0.2) is 66.9 Å². The van der Waals surface area contributed by atoms with Crippen LogP contribution in [0, 0.1) is 5.82 Å².